The summed E-state index contributed by atoms with van der Waals surface area (Å²) in [5.41, 5.74) is 1.63. The van der Waals surface area contributed by atoms with E-state index in [1.807, 2.05) is 39.0 Å². The van der Waals surface area contributed by atoms with E-state index in [4.69, 9.17) is 9.47 Å². The first-order valence-electron chi connectivity index (χ1n) is 5.77. The van der Waals surface area contributed by atoms with Gasteiger partial charge in [0.15, 0.2) is 0 Å². The average Bonchev–Trinajstić information content (AvgIpc) is 2.28. The van der Waals surface area contributed by atoms with Crippen LogP contribution in [0.1, 0.15) is 37.5 Å². The minimum Gasteiger partial charge on any atom is -0.497 e. The zero-order chi connectivity index (χ0) is 13.1. The maximum atomic E-state index is 10.2. The third-order valence-corrected chi connectivity index (χ3v) is 3.07. The highest BCUT2D eigenvalue weighted by Crippen LogP contribution is 2.29. The Labute approximate surface area is 103 Å². The molecule has 0 aliphatic rings. The van der Waals surface area contributed by atoms with Gasteiger partial charge in [0.05, 0.1) is 18.8 Å². The number of benzene rings is 1. The van der Waals surface area contributed by atoms with Gasteiger partial charge in [-0.1, -0.05) is 6.07 Å². The summed E-state index contributed by atoms with van der Waals surface area (Å²) >= 11 is 0. The van der Waals surface area contributed by atoms with Crippen molar-refractivity contribution in [2.45, 2.75) is 38.9 Å². The summed E-state index contributed by atoms with van der Waals surface area (Å²) in [6.07, 6.45) is 0.0484. The van der Waals surface area contributed by atoms with Crippen LogP contribution in [0.4, 0.5) is 0 Å². The summed E-state index contributed by atoms with van der Waals surface area (Å²) < 4.78 is 10.5. The first-order chi connectivity index (χ1) is 7.89. The second kappa shape index (κ2) is 5.52. The quantitative estimate of drug-likeness (QED) is 0.857. The first-order valence-corrected chi connectivity index (χ1v) is 5.77. The van der Waals surface area contributed by atoms with E-state index in [2.05, 4.69) is 0 Å². The Hall–Kier alpha value is -1.06. The van der Waals surface area contributed by atoms with Gasteiger partial charge in [-0.05, 0) is 44.0 Å². The van der Waals surface area contributed by atoms with Gasteiger partial charge in [0.1, 0.15) is 5.75 Å². The standard InChI is InChI=1S/C14H22O3/c1-10-8-11(16-4)6-7-12(10)13(15)9-14(2,3)17-5/h6-8,13,15H,9H2,1-5H3. The summed E-state index contributed by atoms with van der Waals surface area (Å²) in [4.78, 5) is 0. The molecule has 0 radical (unpaired) electrons. The highest BCUT2D eigenvalue weighted by atomic mass is 16.5. The van der Waals surface area contributed by atoms with Gasteiger partial charge in [-0.25, -0.2) is 0 Å². The molecule has 1 aromatic rings. The van der Waals surface area contributed by atoms with E-state index in [9.17, 15) is 5.11 Å². The van der Waals surface area contributed by atoms with Crippen LogP contribution in [-0.4, -0.2) is 24.9 Å². The molecule has 0 bridgehead atoms. The molecule has 0 saturated heterocycles. The lowest BCUT2D eigenvalue weighted by molar-refractivity contribution is -0.0202. The number of hydrogen-bond acceptors (Lipinski definition) is 3. The molecule has 0 spiro atoms. The van der Waals surface area contributed by atoms with Crippen molar-refractivity contribution in [1.29, 1.82) is 0 Å². The van der Waals surface area contributed by atoms with E-state index < -0.39 is 6.10 Å². The number of rotatable bonds is 5. The lowest BCUT2D eigenvalue weighted by Gasteiger charge is -2.26. The third-order valence-electron chi connectivity index (χ3n) is 3.07. The minimum atomic E-state index is -0.518. The molecule has 0 heterocycles. The monoisotopic (exact) mass is 238 g/mol. The number of hydrogen-bond donors (Lipinski definition) is 1. The molecule has 1 unspecified atom stereocenters. The van der Waals surface area contributed by atoms with Crippen molar-refractivity contribution in [3.63, 3.8) is 0 Å². The van der Waals surface area contributed by atoms with Crippen LogP contribution in [0.3, 0.4) is 0 Å². The number of ether oxygens (including phenoxy) is 2. The molecule has 0 aromatic heterocycles. The number of aliphatic hydroxyl groups is 1. The molecule has 3 heteroatoms. The second-order valence-electron chi connectivity index (χ2n) is 4.91. The average molecular weight is 238 g/mol. The Bertz CT molecular complexity index is 372. The molecule has 1 atom stereocenters. The highest BCUT2D eigenvalue weighted by Gasteiger charge is 2.23. The van der Waals surface area contributed by atoms with Crippen LogP contribution < -0.4 is 4.74 Å². The van der Waals surface area contributed by atoms with Gasteiger partial charge in [0.25, 0.3) is 0 Å². The molecule has 0 saturated carbocycles. The fourth-order valence-electron chi connectivity index (χ4n) is 1.81. The van der Waals surface area contributed by atoms with Crippen molar-refractivity contribution in [2.24, 2.45) is 0 Å². The molecule has 96 valence electrons. The van der Waals surface area contributed by atoms with Crippen molar-refractivity contribution in [2.75, 3.05) is 14.2 Å². The van der Waals surface area contributed by atoms with Gasteiger partial charge in [-0.2, -0.15) is 0 Å². The molecular formula is C14H22O3. The van der Waals surface area contributed by atoms with Gasteiger partial charge in [-0.15, -0.1) is 0 Å². The molecule has 1 N–H and O–H groups in total. The van der Waals surface area contributed by atoms with E-state index in [-0.39, 0.29) is 5.60 Å². The molecule has 1 aromatic carbocycles. The summed E-state index contributed by atoms with van der Waals surface area (Å²) in [7, 11) is 3.30. The Morgan fingerprint density at radius 2 is 1.94 bits per heavy atom. The lowest BCUT2D eigenvalue weighted by Crippen LogP contribution is -2.25. The summed E-state index contributed by atoms with van der Waals surface area (Å²) in [5, 5.41) is 10.2. The summed E-state index contributed by atoms with van der Waals surface area (Å²) in [5.74, 6) is 0.810. The minimum absolute atomic E-state index is 0.328. The van der Waals surface area contributed by atoms with Crippen molar-refractivity contribution in [1.82, 2.24) is 0 Å². The van der Waals surface area contributed by atoms with E-state index in [1.54, 1.807) is 14.2 Å². The Morgan fingerprint density at radius 1 is 1.29 bits per heavy atom. The van der Waals surface area contributed by atoms with Gasteiger partial charge >= 0.3 is 0 Å². The molecular weight excluding hydrogens is 216 g/mol. The van der Waals surface area contributed by atoms with Crippen LogP contribution in [0.5, 0.6) is 5.75 Å². The third kappa shape index (κ3) is 3.72. The zero-order valence-corrected chi connectivity index (χ0v) is 11.3. The van der Waals surface area contributed by atoms with E-state index in [0.29, 0.717) is 6.42 Å². The molecule has 3 nitrogen and oxygen atoms in total. The maximum Gasteiger partial charge on any atom is 0.119 e. The van der Waals surface area contributed by atoms with E-state index >= 15 is 0 Å². The van der Waals surface area contributed by atoms with Crippen molar-refractivity contribution in [3.8, 4) is 5.75 Å². The predicted octanol–water partition coefficient (Wildman–Crippen LogP) is 2.85. The Morgan fingerprint density at radius 3 is 2.41 bits per heavy atom. The molecule has 0 aliphatic carbocycles. The van der Waals surface area contributed by atoms with Crippen LogP contribution in [0.25, 0.3) is 0 Å². The molecule has 0 aliphatic heterocycles. The topological polar surface area (TPSA) is 38.7 Å². The molecule has 0 amide bonds. The molecule has 1 rings (SSSR count). The van der Waals surface area contributed by atoms with Gasteiger partial charge in [-0.3, -0.25) is 0 Å². The lowest BCUT2D eigenvalue weighted by atomic mass is 9.93. The zero-order valence-electron chi connectivity index (χ0n) is 11.3. The van der Waals surface area contributed by atoms with Gasteiger partial charge in [0, 0.05) is 13.5 Å². The molecule has 0 fully saturated rings. The van der Waals surface area contributed by atoms with Crippen LogP contribution >= 0.6 is 0 Å². The van der Waals surface area contributed by atoms with Crippen molar-refractivity contribution < 1.29 is 14.6 Å². The number of aryl methyl sites for hydroxylation is 1. The fraction of sp³-hybridized carbons (Fsp3) is 0.571. The Kier molecular flexibility index (Phi) is 4.54. The van der Waals surface area contributed by atoms with E-state index in [1.165, 1.54) is 0 Å². The van der Waals surface area contributed by atoms with Crippen molar-refractivity contribution in [3.05, 3.63) is 29.3 Å². The fourth-order valence-corrected chi connectivity index (χ4v) is 1.81. The summed E-state index contributed by atoms with van der Waals surface area (Å²) in [6.45, 7) is 5.91. The number of methoxy groups -OCH3 is 2. The first kappa shape index (κ1) is 14.0. The summed E-state index contributed by atoms with van der Waals surface area (Å²) in [6, 6.07) is 5.70. The van der Waals surface area contributed by atoms with Crippen LogP contribution in [0.2, 0.25) is 0 Å². The normalized spacial score (nSPS) is 13.5. The van der Waals surface area contributed by atoms with E-state index in [0.717, 1.165) is 16.9 Å². The second-order valence-corrected chi connectivity index (χ2v) is 4.91. The highest BCUT2D eigenvalue weighted by molar-refractivity contribution is 5.36. The SMILES string of the molecule is COc1ccc(C(O)CC(C)(C)OC)c(C)c1. The predicted molar refractivity (Wildman–Crippen MR) is 68.4 cm³/mol. The largest absolute Gasteiger partial charge is 0.497 e. The smallest absolute Gasteiger partial charge is 0.119 e. The van der Waals surface area contributed by atoms with Crippen LogP contribution in [0, 0.1) is 6.92 Å². The molecule has 17 heavy (non-hydrogen) atoms. The van der Waals surface area contributed by atoms with Crippen LogP contribution in [0.15, 0.2) is 18.2 Å². The number of aliphatic hydroxyl groups excluding tert-OH is 1. The van der Waals surface area contributed by atoms with Gasteiger partial charge in [0.2, 0.25) is 0 Å². The van der Waals surface area contributed by atoms with Crippen LogP contribution in [-0.2, 0) is 4.74 Å². The Balaban J connectivity index is 2.86. The van der Waals surface area contributed by atoms with Crippen molar-refractivity contribution >= 4 is 0 Å². The van der Waals surface area contributed by atoms with Gasteiger partial charge < -0.3 is 14.6 Å². The maximum absolute atomic E-state index is 10.2.